The van der Waals surface area contributed by atoms with Gasteiger partial charge in [0.25, 0.3) is 0 Å². The zero-order chi connectivity index (χ0) is 15.2. The minimum Gasteiger partial charge on any atom is -0.369 e. The van der Waals surface area contributed by atoms with Gasteiger partial charge in [0.05, 0.1) is 18.1 Å². The van der Waals surface area contributed by atoms with Crippen LogP contribution in [0.15, 0.2) is 12.5 Å². The fourth-order valence-electron chi connectivity index (χ4n) is 1.93. The summed E-state index contributed by atoms with van der Waals surface area (Å²) in [6.45, 7) is 7.84. The molecule has 0 aliphatic rings. The van der Waals surface area contributed by atoms with Crippen molar-refractivity contribution in [3.05, 3.63) is 12.5 Å². The van der Waals surface area contributed by atoms with Crippen LogP contribution in [0.3, 0.4) is 0 Å². The number of amides is 1. The molecule has 0 spiro atoms. The molecule has 0 aliphatic heterocycles. The Balaban J connectivity index is 2.06. The SMILES string of the molecule is CCCNc1ncnc2c1cnn2CCNC(=O)C(C)C. The average molecular weight is 290 g/mol. The van der Waals surface area contributed by atoms with Crippen molar-refractivity contribution in [2.75, 3.05) is 18.4 Å². The third kappa shape index (κ3) is 3.68. The van der Waals surface area contributed by atoms with E-state index in [1.54, 1.807) is 10.9 Å². The lowest BCUT2D eigenvalue weighted by atomic mass is 10.2. The van der Waals surface area contributed by atoms with Gasteiger partial charge in [-0.1, -0.05) is 20.8 Å². The summed E-state index contributed by atoms with van der Waals surface area (Å²) >= 11 is 0. The largest absolute Gasteiger partial charge is 0.369 e. The Morgan fingerprint density at radius 1 is 1.33 bits per heavy atom. The van der Waals surface area contributed by atoms with Crippen LogP contribution in [-0.4, -0.2) is 38.7 Å². The molecule has 7 nitrogen and oxygen atoms in total. The van der Waals surface area contributed by atoms with Crippen molar-refractivity contribution in [2.45, 2.75) is 33.7 Å². The van der Waals surface area contributed by atoms with Gasteiger partial charge < -0.3 is 10.6 Å². The number of rotatable bonds is 7. The molecular formula is C14H22N6O. The standard InChI is InChI=1S/C14H22N6O/c1-4-5-15-12-11-8-19-20(13(11)18-9-17-12)7-6-16-14(21)10(2)3/h8-10H,4-7H2,1-3H3,(H,16,21)(H,15,17,18). The van der Waals surface area contributed by atoms with Gasteiger partial charge in [0.1, 0.15) is 12.1 Å². The van der Waals surface area contributed by atoms with E-state index >= 15 is 0 Å². The zero-order valence-corrected chi connectivity index (χ0v) is 12.8. The summed E-state index contributed by atoms with van der Waals surface area (Å²) in [7, 11) is 0. The molecule has 2 N–H and O–H groups in total. The summed E-state index contributed by atoms with van der Waals surface area (Å²) in [6, 6.07) is 0. The van der Waals surface area contributed by atoms with Crippen LogP contribution in [0.5, 0.6) is 0 Å². The topological polar surface area (TPSA) is 84.7 Å². The average Bonchev–Trinajstić information content (AvgIpc) is 2.88. The molecule has 2 aromatic heterocycles. The number of hydrogen-bond acceptors (Lipinski definition) is 5. The lowest BCUT2D eigenvalue weighted by Crippen LogP contribution is -2.30. The first-order chi connectivity index (χ1) is 10.1. The van der Waals surface area contributed by atoms with Crippen LogP contribution >= 0.6 is 0 Å². The molecule has 0 fully saturated rings. The van der Waals surface area contributed by atoms with E-state index < -0.39 is 0 Å². The number of carbonyl (C=O) groups excluding carboxylic acids is 1. The molecule has 21 heavy (non-hydrogen) atoms. The van der Waals surface area contributed by atoms with E-state index in [2.05, 4.69) is 32.6 Å². The maximum absolute atomic E-state index is 11.5. The summed E-state index contributed by atoms with van der Waals surface area (Å²) < 4.78 is 1.79. The van der Waals surface area contributed by atoms with Crippen LogP contribution in [0, 0.1) is 5.92 Å². The Labute approximate surface area is 124 Å². The van der Waals surface area contributed by atoms with Crippen molar-refractivity contribution in [1.29, 1.82) is 0 Å². The second kappa shape index (κ2) is 7.01. The first kappa shape index (κ1) is 15.2. The van der Waals surface area contributed by atoms with Crippen LogP contribution in [0.4, 0.5) is 5.82 Å². The predicted molar refractivity (Wildman–Crippen MR) is 82.0 cm³/mol. The normalized spacial score (nSPS) is 11.0. The molecule has 0 radical (unpaired) electrons. The predicted octanol–water partition coefficient (Wildman–Crippen LogP) is 1.42. The van der Waals surface area contributed by atoms with Crippen molar-refractivity contribution in [2.24, 2.45) is 5.92 Å². The van der Waals surface area contributed by atoms with Gasteiger partial charge in [0, 0.05) is 19.0 Å². The fourth-order valence-corrected chi connectivity index (χ4v) is 1.93. The molecule has 0 atom stereocenters. The molecule has 0 saturated heterocycles. The van der Waals surface area contributed by atoms with E-state index in [9.17, 15) is 4.79 Å². The first-order valence-electron chi connectivity index (χ1n) is 7.31. The Morgan fingerprint density at radius 2 is 2.14 bits per heavy atom. The van der Waals surface area contributed by atoms with Crippen LogP contribution in [0.25, 0.3) is 11.0 Å². The summed E-state index contributed by atoms with van der Waals surface area (Å²) in [6.07, 6.45) is 4.32. The summed E-state index contributed by atoms with van der Waals surface area (Å²) in [5.74, 6) is 0.845. The molecule has 0 bridgehead atoms. The Kier molecular flexibility index (Phi) is 5.08. The van der Waals surface area contributed by atoms with Crippen molar-refractivity contribution >= 4 is 22.8 Å². The molecule has 0 unspecified atom stereocenters. The van der Waals surface area contributed by atoms with Gasteiger partial charge in [0.2, 0.25) is 5.91 Å². The second-order valence-electron chi connectivity index (χ2n) is 5.20. The van der Waals surface area contributed by atoms with Crippen LogP contribution < -0.4 is 10.6 Å². The van der Waals surface area contributed by atoms with Gasteiger partial charge >= 0.3 is 0 Å². The highest BCUT2D eigenvalue weighted by atomic mass is 16.1. The highest BCUT2D eigenvalue weighted by Gasteiger charge is 2.10. The quantitative estimate of drug-likeness (QED) is 0.805. The summed E-state index contributed by atoms with van der Waals surface area (Å²) in [5.41, 5.74) is 0.780. The molecule has 2 heterocycles. The van der Waals surface area contributed by atoms with Crippen LogP contribution in [-0.2, 0) is 11.3 Å². The Hall–Kier alpha value is -2.18. The van der Waals surface area contributed by atoms with E-state index in [-0.39, 0.29) is 11.8 Å². The van der Waals surface area contributed by atoms with Gasteiger partial charge in [0.15, 0.2) is 5.65 Å². The third-order valence-electron chi connectivity index (χ3n) is 3.12. The molecule has 1 amide bonds. The molecular weight excluding hydrogens is 268 g/mol. The van der Waals surface area contributed by atoms with Gasteiger partial charge in [-0.15, -0.1) is 0 Å². The molecule has 2 rings (SSSR count). The minimum atomic E-state index is -0.00784. The van der Waals surface area contributed by atoms with E-state index in [1.807, 2.05) is 13.8 Å². The van der Waals surface area contributed by atoms with Crippen molar-refractivity contribution in [1.82, 2.24) is 25.1 Å². The van der Waals surface area contributed by atoms with Gasteiger partial charge in [-0.3, -0.25) is 4.79 Å². The van der Waals surface area contributed by atoms with Crippen molar-refractivity contribution in [3.8, 4) is 0 Å². The lowest BCUT2D eigenvalue weighted by molar-refractivity contribution is -0.124. The zero-order valence-electron chi connectivity index (χ0n) is 12.8. The van der Waals surface area contributed by atoms with Crippen LogP contribution in [0.2, 0.25) is 0 Å². The fraction of sp³-hybridized carbons (Fsp3) is 0.571. The second-order valence-corrected chi connectivity index (χ2v) is 5.20. The number of aromatic nitrogens is 4. The third-order valence-corrected chi connectivity index (χ3v) is 3.12. The Morgan fingerprint density at radius 3 is 2.86 bits per heavy atom. The monoisotopic (exact) mass is 290 g/mol. The summed E-state index contributed by atoms with van der Waals surface area (Å²) in [5, 5.41) is 11.4. The molecule has 0 aromatic carbocycles. The number of carbonyl (C=O) groups is 1. The number of nitrogens with one attached hydrogen (secondary N) is 2. The van der Waals surface area contributed by atoms with E-state index in [0.29, 0.717) is 13.1 Å². The molecule has 0 aliphatic carbocycles. The Bertz CT molecular complexity index is 607. The van der Waals surface area contributed by atoms with E-state index in [1.165, 1.54) is 6.33 Å². The smallest absolute Gasteiger partial charge is 0.222 e. The molecule has 114 valence electrons. The number of fused-ring (bicyclic) bond motifs is 1. The number of anilines is 1. The highest BCUT2D eigenvalue weighted by molar-refractivity contribution is 5.86. The highest BCUT2D eigenvalue weighted by Crippen LogP contribution is 2.18. The minimum absolute atomic E-state index is 0.00784. The van der Waals surface area contributed by atoms with E-state index in [0.717, 1.165) is 29.8 Å². The van der Waals surface area contributed by atoms with E-state index in [4.69, 9.17) is 0 Å². The van der Waals surface area contributed by atoms with Gasteiger partial charge in [-0.25, -0.2) is 14.6 Å². The van der Waals surface area contributed by atoms with Crippen LogP contribution in [0.1, 0.15) is 27.2 Å². The van der Waals surface area contributed by atoms with Crippen molar-refractivity contribution < 1.29 is 4.79 Å². The molecule has 2 aromatic rings. The lowest BCUT2D eigenvalue weighted by Gasteiger charge is -2.08. The van der Waals surface area contributed by atoms with Gasteiger partial charge in [-0.05, 0) is 6.42 Å². The van der Waals surface area contributed by atoms with Crippen molar-refractivity contribution in [3.63, 3.8) is 0 Å². The summed E-state index contributed by atoms with van der Waals surface area (Å²) in [4.78, 5) is 20.1. The number of hydrogen-bond donors (Lipinski definition) is 2. The maximum Gasteiger partial charge on any atom is 0.222 e. The first-order valence-corrected chi connectivity index (χ1v) is 7.31. The number of nitrogens with zero attached hydrogens (tertiary/aromatic N) is 4. The molecule has 7 heteroatoms. The van der Waals surface area contributed by atoms with Gasteiger partial charge in [-0.2, -0.15) is 5.10 Å². The maximum atomic E-state index is 11.5. The molecule has 0 saturated carbocycles.